The Hall–Kier alpha value is -1.47. The van der Waals surface area contributed by atoms with Crippen molar-refractivity contribution in [3.8, 4) is 0 Å². The predicted octanol–water partition coefficient (Wildman–Crippen LogP) is 5.86. The highest BCUT2D eigenvalue weighted by Crippen LogP contribution is 2.13. The first-order chi connectivity index (χ1) is 16.9. The van der Waals surface area contributed by atoms with Crippen molar-refractivity contribution in [2.45, 2.75) is 84.2 Å². The Morgan fingerprint density at radius 2 is 1.20 bits per heavy atom. The summed E-state index contributed by atoms with van der Waals surface area (Å²) in [5.74, 6) is -0.793. The van der Waals surface area contributed by atoms with E-state index in [0.29, 0.717) is 50.7 Å². The van der Waals surface area contributed by atoms with Crippen LogP contribution in [0.4, 0.5) is 0 Å². The van der Waals surface area contributed by atoms with Gasteiger partial charge in [0, 0.05) is 0 Å². The van der Waals surface area contributed by atoms with Crippen LogP contribution >= 0.6 is 0 Å². The van der Waals surface area contributed by atoms with Gasteiger partial charge in [-0.25, -0.2) is 4.79 Å². The lowest BCUT2D eigenvalue weighted by atomic mass is 10.0. The minimum Gasteiger partial charge on any atom is -0.477 e. The maximum atomic E-state index is 10.8. The fraction of sp³-hybridized carbons (Fsp3) is 0.759. The van der Waals surface area contributed by atoms with Gasteiger partial charge in [0.25, 0.3) is 0 Å². The highest BCUT2D eigenvalue weighted by Gasteiger charge is 2.18. The van der Waals surface area contributed by atoms with E-state index >= 15 is 0 Å². The van der Waals surface area contributed by atoms with Crippen LogP contribution in [0.5, 0.6) is 0 Å². The molecule has 0 aliphatic heterocycles. The average Bonchev–Trinajstić information content (AvgIpc) is 2.81. The van der Waals surface area contributed by atoms with Gasteiger partial charge in [-0.05, 0) is 24.0 Å². The number of rotatable bonds is 24. The Bertz CT molecular complexity index is 632. The van der Waals surface area contributed by atoms with Gasteiger partial charge in [0.15, 0.2) is 6.54 Å². The number of ether oxygens (including phenoxy) is 3. The first-order valence-electron chi connectivity index (χ1n) is 13.8. The van der Waals surface area contributed by atoms with Crippen molar-refractivity contribution in [3.05, 3.63) is 35.4 Å². The lowest BCUT2D eigenvalue weighted by molar-refractivity contribution is -0.883. The minimum atomic E-state index is -0.793. The molecule has 0 saturated carbocycles. The zero-order chi connectivity index (χ0) is 25.6. The molecule has 0 amide bonds. The van der Waals surface area contributed by atoms with Crippen molar-refractivity contribution in [2.24, 2.45) is 0 Å². The normalized spacial score (nSPS) is 11.7. The van der Waals surface area contributed by atoms with Crippen LogP contribution in [0.2, 0.25) is 0 Å². The summed E-state index contributed by atoms with van der Waals surface area (Å²) < 4.78 is 17.2. The van der Waals surface area contributed by atoms with Crippen molar-refractivity contribution < 1.29 is 28.6 Å². The number of likely N-dealkylation sites (N-methyl/N-ethyl adjacent to an activating group) is 1. The summed E-state index contributed by atoms with van der Waals surface area (Å²) in [6.45, 7) is 6.29. The first-order valence-corrected chi connectivity index (χ1v) is 13.8. The second-order valence-electron chi connectivity index (χ2n) is 10.2. The third-order valence-electron chi connectivity index (χ3n) is 6.26. The van der Waals surface area contributed by atoms with E-state index in [4.69, 9.17) is 19.3 Å². The van der Waals surface area contributed by atoms with Gasteiger partial charge in [-0.2, -0.15) is 0 Å². The molecule has 0 bridgehead atoms. The van der Waals surface area contributed by atoms with E-state index in [-0.39, 0.29) is 6.54 Å². The Balaban J connectivity index is 1.93. The van der Waals surface area contributed by atoms with Gasteiger partial charge in [-0.15, -0.1) is 0 Å². The largest absolute Gasteiger partial charge is 0.477 e. The number of hydrogen-bond acceptors (Lipinski definition) is 4. The molecule has 0 aliphatic carbocycles. The number of unbranched alkanes of at least 4 members (excludes halogenated alkanes) is 9. The summed E-state index contributed by atoms with van der Waals surface area (Å²) in [5, 5.41) is 8.87. The molecule has 6 heteroatoms. The topological polar surface area (TPSA) is 65.0 Å². The maximum absolute atomic E-state index is 10.8. The molecule has 0 spiro atoms. The Morgan fingerprint density at radius 3 is 1.77 bits per heavy atom. The number of hydrogen-bond donors (Lipinski definition) is 1. The summed E-state index contributed by atoms with van der Waals surface area (Å²) >= 11 is 0. The number of aliphatic carboxylic acids is 1. The van der Waals surface area contributed by atoms with Gasteiger partial charge in [0.1, 0.15) is 6.54 Å². The minimum absolute atomic E-state index is 0.0965. The summed E-state index contributed by atoms with van der Waals surface area (Å²) in [4.78, 5) is 10.8. The molecule has 1 N–H and O–H groups in total. The molecule has 0 aliphatic rings. The van der Waals surface area contributed by atoms with Crippen LogP contribution in [0.3, 0.4) is 0 Å². The highest BCUT2D eigenvalue weighted by molar-refractivity contribution is 5.67. The third-order valence-corrected chi connectivity index (χ3v) is 6.26. The number of quaternary nitrogens is 1. The molecule has 202 valence electrons. The zero-order valence-electron chi connectivity index (χ0n) is 22.8. The Labute approximate surface area is 214 Å². The summed E-state index contributed by atoms with van der Waals surface area (Å²) in [6.07, 6.45) is 15.0. The van der Waals surface area contributed by atoms with Gasteiger partial charge >= 0.3 is 5.97 Å². The van der Waals surface area contributed by atoms with Crippen molar-refractivity contribution in [2.75, 3.05) is 60.2 Å². The molecule has 0 heterocycles. The smallest absolute Gasteiger partial charge is 0.359 e. The molecule has 0 radical (unpaired) electrons. The van der Waals surface area contributed by atoms with Crippen LogP contribution in [-0.2, 0) is 32.0 Å². The van der Waals surface area contributed by atoms with E-state index in [1.807, 2.05) is 14.1 Å². The SMILES string of the molecule is CCCCCCCCCCCCc1ccc(COCCOCCOCC[N+](C)(C)CC(=O)O)cc1. The van der Waals surface area contributed by atoms with E-state index in [0.717, 1.165) is 0 Å². The number of carboxylic acid groups (broad SMARTS) is 1. The van der Waals surface area contributed by atoms with E-state index < -0.39 is 5.97 Å². The predicted molar refractivity (Wildman–Crippen MR) is 143 cm³/mol. The van der Waals surface area contributed by atoms with Crippen LogP contribution in [0, 0.1) is 0 Å². The van der Waals surface area contributed by atoms with E-state index in [1.54, 1.807) is 0 Å². The summed E-state index contributed by atoms with van der Waals surface area (Å²) in [6, 6.07) is 8.81. The number of carbonyl (C=O) groups is 1. The average molecular weight is 495 g/mol. The van der Waals surface area contributed by atoms with Crippen LogP contribution in [-0.4, -0.2) is 75.8 Å². The fourth-order valence-electron chi connectivity index (χ4n) is 4.01. The first kappa shape index (κ1) is 31.6. The highest BCUT2D eigenvalue weighted by atomic mass is 16.5. The lowest BCUT2D eigenvalue weighted by Crippen LogP contribution is -2.46. The molecular formula is C29H52NO5+. The molecule has 0 saturated heterocycles. The van der Waals surface area contributed by atoms with Crippen LogP contribution in [0.15, 0.2) is 24.3 Å². The standard InChI is InChI=1S/C29H51NO5/c1-4-5-6-7-8-9-10-11-12-13-14-27-15-17-28(18-16-27)26-35-24-23-34-22-21-33-20-19-30(2,3)25-29(31)32/h15-18H,4-14,19-26H2,1-3H3/p+1. The second-order valence-corrected chi connectivity index (χ2v) is 10.2. The number of nitrogens with zero attached hydrogens (tertiary/aromatic N) is 1. The number of carboxylic acids is 1. The van der Waals surface area contributed by atoms with Gasteiger partial charge < -0.3 is 23.8 Å². The van der Waals surface area contributed by atoms with Crippen molar-refractivity contribution >= 4 is 5.97 Å². The zero-order valence-corrected chi connectivity index (χ0v) is 22.8. The van der Waals surface area contributed by atoms with Gasteiger partial charge in [-0.3, -0.25) is 0 Å². The molecule has 1 aromatic rings. The molecule has 0 aromatic heterocycles. The van der Waals surface area contributed by atoms with E-state index in [9.17, 15) is 4.79 Å². The van der Waals surface area contributed by atoms with E-state index in [2.05, 4.69) is 31.2 Å². The third kappa shape index (κ3) is 19.4. The number of aryl methyl sites for hydroxylation is 1. The summed E-state index contributed by atoms with van der Waals surface area (Å²) in [7, 11) is 3.77. The molecule has 0 fully saturated rings. The second kappa shape index (κ2) is 20.7. The molecule has 1 aromatic carbocycles. The number of benzene rings is 1. The van der Waals surface area contributed by atoms with Crippen LogP contribution in [0.25, 0.3) is 0 Å². The Morgan fingerprint density at radius 1 is 0.714 bits per heavy atom. The fourth-order valence-corrected chi connectivity index (χ4v) is 4.01. The maximum Gasteiger partial charge on any atom is 0.359 e. The Kier molecular flexibility index (Phi) is 18.7. The van der Waals surface area contributed by atoms with Crippen molar-refractivity contribution in [1.82, 2.24) is 0 Å². The quantitative estimate of drug-likeness (QED) is 0.144. The van der Waals surface area contributed by atoms with Crippen molar-refractivity contribution in [3.63, 3.8) is 0 Å². The monoisotopic (exact) mass is 494 g/mol. The lowest BCUT2D eigenvalue weighted by Gasteiger charge is -2.27. The molecule has 0 unspecified atom stereocenters. The van der Waals surface area contributed by atoms with Crippen LogP contribution < -0.4 is 0 Å². The van der Waals surface area contributed by atoms with Gasteiger partial charge in [0.2, 0.25) is 0 Å². The van der Waals surface area contributed by atoms with Crippen LogP contribution in [0.1, 0.15) is 82.3 Å². The molecular weight excluding hydrogens is 442 g/mol. The van der Waals surface area contributed by atoms with Gasteiger partial charge in [0.05, 0.1) is 53.7 Å². The molecule has 35 heavy (non-hydrogen) atoms. The summed E-state index contributed by atoms with van der Waals surface area (Å²) in [5.41, 5.74) is 2.61. The van der Waals surface area contributed by atoms with E-state index in [1.165, 1.54) is 81.8 Å². The molecule has 6 nitrogen and oxygen atoms in total. The van der Waals surface area contributed by atoms with Gasteiger partial charge in [-0.1, -0.05) is 89.0 Å². The van der Waals surface area contributed by atoms with Crippen molar-refractivity contribution in [1.29, 1.82) is 0 Å². The molecule has 1 rings (SSSR count). The molecule has 0 atom stereocenters.